The third kappa shape index (κ3) is 1.73. The van der Waals surface area contributed by atoms with Gasteiger partial charge in [0.25, 0.3) is 5.56 Å². The molecule has 0 aromatic carbocycles. The van der Waals surface area contributed by atoms with Crippen LogP contribution >= 0.6 is 0 Å². The minimum atomic E-state index is -0.672. The lowest BCUT2D eigenvalue weighted by molar-refractivity contribution is 0.101. The minimum absolute atomic E-state index is 0.00659. The summed E-state index contributed by atoms with van der Waals surface area (Å²) in [6.45, 7) is 3.76. The standard InChI is InChI=1S/C12H15N5O3/c1-5-6(3-18)8(19)2-7(5)17-4-14-9-10(17)15-12(13)16-11(9)20/h4,6-8,18-19H,1-3H2,(H3,13,15,16,20)/t6-,7-,8-/m0/s1/i9+1,10+1,11+1,14+1. The van der Waals surface area contributed by atoms with Crippen molar-refractivity contribution in [2.24, 2.45) is 5.92 Å². The molecule has 3 rings (SSSR count). The SMILES string of the molecule is C=C1[C@H](CO)[C@@H](O)C[C@@H]1n1c[15n][13c]2[13c](=O)[nH]c(N)n[13c]21. The molecule has 0 spiro atoms. The van der Waals surface area contributed by atoms with Crippen molar-refractivity contribution in [1.82, 2.24) is 19.5 Å². The number of aliphatic hydroxyl groups excluding tert-OH is 2. The normalized spacial score (nSPS) is 26.5. The van der Waals surface area contributed by atoms with Crippen LogP contribution in [-0.2, 0) is 0 Å². The number of rotatable bonds is 2. The van der Waals surface area contributed by atoms with Gasteiger partial charge in [-0.25, -0.2) is 4.98 Å². The first-order chi connectivity index (χ1) is 9.52. The van der Waals surface area contributed by atoms with E-state index >= 15 is 0 Å². The van der Waals surface area contributed by atoms with Gasteiger partial charge in [0, 0.05) is 5.92 Å². The average Bonchev–Trinajstić information content (AvgIpc) is 2.91. The van der Waals surface area contributed by atoms with E-state index in [0.29, 0.717) is 17.6 Å². The number of nitrogens with zero attached hydrogens (tertiary/aromatic N) is 3. The van der Waals surface area contributed by atoms with E-state index in [1.807, 2.05) is 0 Å². The fourth-order valence-electron chi connectivity index (χ4n) is 2.74. The molecule has 5 N–H and O–H groups in total. The van der Waals surface area contributed by atoms with Crippen LogP contribution in [0.25, 0.3) is 11.2 Å². The molecule has 1 fully saturated rings. The van der Waals surface area contributed by atoms with Crippen molar-refractivity contribution in [3.8, 4) is 0 Å². The number of imidazole rings is 1. The molecular formula is C12H15N5O3. The van der Waals surface area contributed by atoms with Crippen LogP contribution < -0.4 is 11.3 Å². The van der Waals surface area contributed by atoms with E-state index in [-0.39, 0.29) is 30.0 Å². The van der Waals surface area contributed by atoms with Crippen molar-refractivity contribution in [3.63, 3.8) is 0 Å². The molecule has 8 nitrogen and oxygen atoms in total. The van der Waals surface area contributed by atoms with Crippen LogP contribution in [0.15, 0.2) is 23.3 Å². The highest BCUT2D eigenvalue weighted by molar-refractivity contribution is 5.70. The van der Waals surface area contributed by atoms with Gasteiger partial charge in [-0.2, -0.15) is 4.98 Å². The van der Waals surface area contributed by atoms with E-state index in [9.17, 15) is 15.0 Å². The predicted molar refractivity (Wildman–Crippen MR) is 71.9 cm³/mol. The maximum absolute atomic E-state index is 11.7. The summed E-state index contributed by atoms with van der Waals surface area (Å²) in [7, 11) is 0. The molecule has 0 bridgehead atoms. The maximum Gasteiger partial charge on any atom is 0.280 e. The van der Waals surface area contributed by atoms with E-state index in [2.05, 4.69) is 21.5 Å². The van der Waals surface area contributed by atoms with Crippen molar-refractivity contribution in [1.29, 1.82) is 0 Å². The molecule has 2 aromatic rings. The van der Waals surface area contributed by atoms with E-state index in [1.54, 1.807) is 4.57 Å². The summed E-state index contributed by atoms with van der Waals surface area (Å²) < 4.78 is 1.67. The largest absolute Gasteiger partial charge is 0.396 e. The number of H-pyrrole nitrogens is 1. The Kier molecular flexibility index (Phi) is 2.84. The minimum Gasteiger partial charge on any atom is -0.396 e. The smallest absolute Gasteiger partial charge is 0.280 e. The van der Waals surface area contributed by atoms with Gasteiger partial charge in [0.1, 0.15) is 0 Å². The monoisotopic (exact) mass is 281 g/mol. The molecular weight excluding hydrogens is 266 g/mol. The van der Waals surface area contributed by atoms with Gasteiger partial charge in [0.15, 0.2) is 11.2 Å². The van der Waals surface area contributed by atoms with Crippen LogP contribution in [0.5, 0.6) is 0 Å². The molecule has 1 aliphatic rings. The van der Waals surface area contributed by atoms with Gasteiger partial charge in [-0.3, -0.25) is 9.78 Å². The van der Waals surface area contributed by atoms with Crippen molar-refractivity contribution >= 4 is 17.1 Å². The molecule has 2 heterocycles. The molecule has 0 saturated heterocycles. The first kappa shape index (κ1) is 12.8. The summed E-state index contributed by atoms with van der Waals surface area (Å²) >= 11 is 0. The van der Waals surface area contributed by atoms with Crippen LogP contribution in [-0.4, -0.2) is 42.4 Å². The Labute approximate surface area is 113 Å². The van der Waals surface area contributed by atoms with Gasteiger partial charge in [-0.1, -0.05) is 6.58 Å². The van der Waals surface area contributed by atoms with Crippen LogP contribution in [0.3, 0.4) is 0 Å². The molecule has 8 heteroatoms. The van der Waals surface area contributed by atoms with Crippen molar-refractivity contribution in [2.45, 2.75) is 18.6 Å². The lowest BCUT2D eigenvalue weighted by Gasteiger charge is -2.15. The van der Waals surface area contributed by atoms with Gasteiger partial charge in [0.2, 0.25) is 5.95 Å². The van der Waals surface area contributed by atoms with Crippen LogP contribution in [0.4, 0.5) is 5.95 Å². The molecule has 3 atom stereocenters. The number of nitrogens with two attached hydrogens (primary N) is 1. The Hall–Kier alpha value is -2.19. The number of aromatic nitrogens is 4. The lowest BCUT2D eigenvalue weighted by atomic mass is 10.0. The summed E-state index contributed by atoms with van der Waals surface area (Å²) in [5.74, 6) is -0.371. The van der Waals surface area contributed by atoms with E-state index in [4.69, 9.17) is 5.73 Å². The van der Waals surface area contributed by atoms with Crippen LogP contribution in [0.1, 0.15) is 12.5 Å². The summed E-state index contributed by atoms with van der Waals surface area (Å²) in [5, 5.41) is 19.2. The van der Waals surface area contributed by atoms with Crippen molar-refractivity contribution in [3.05, 3.63) is 28.8 Å². The maximum atomic E-state index is 11.7. The van der Waals surface area contributed by atoms with Crippen LogP contribution in [0.2, 0.25) is 0 Å². The van der Waals surface area contributed by atoms with Crippen molar-refractivity contribution in [2.75, 3.05) is 12.3 Å². The number of anilines is 1. The highest BCUT2D eigenvalue weighted by atomic mass is 16.3. The summed E-state index contributed by atoms with van der Waals surface area (Å²) in [5.41, 5.74) is 6.37. The van der Waals surface area contributed by atoms with E-state index in [1.165, 1.54) is 6.33 Å². The Bertz CT molecular complexity index is 734. The van der Waals surface area contributed by atoms with Gasteiger partial charge in [-0.05, 0) is 12.0 Å². The van der Waals surface area contributed by atoms with E-state index in [0.717, 1.165) is 0 Å². The quantitative estimate of drug-likeness (QED) is 0.532. The number of hydrogen-bond acceptors (Lipinski definition) is 6. The van der Waals surface area contributed by atoms with Crippen molar-refractivity contribution < 1.29 is 10.2 Å². The second kappa shape index (κ2) is 4.43. The fourth-order valence-corrected chi connectivity index (χ4v) is 2.74. The lowest BCUT2D eigenvalue weighted by Crippen LogP contribution is -2.17. The Balaban J connectivity index is 2.12. The first-order valence-electron chi connectivity index (χ1n) is 6.23. The molecule has 20 heavy (non-hydrogen) atoms. The zero-order valence-corrected chi connectivity index (χ0v) is 10.7. The first-order valence-corrected chi connectivity index (χ1v) is 6.23. The molecule has 106 valence electrons. The Morgan fingerprint density at radius 3 is 3.00 bits per heavy atom. The third-order valence-electron chi connectivity index (χ3n) is 3.82. The molecule has 1 saturated carbocycles. The summed E-state index contributed by atoms with van der Waals surface area (Å²) in [4.78, 5) is 22.2. The number of aromatic amines is 1. The highest BCUT2D eigenvalue weighted by Gasteiger charge is 2.37. The van der Waals surface area contributed by atoms with E-state index < -0.39 is 11.7 Å². The number of aliphatic hydroxyl groups is 2. The predicted octanol–water partition coefficient (Wildman–Crippen LogP) is -0.828. The Morgan fingerprint density at radius 2 is 2.35 bits per heavy atom. The molecule has 0 unspecified atom stereocenters. The second-order valence-corrected chi connectivity index (χ2v) is 4.96. The van der Waals surface area contributed by atoms with Gasteiger partial charge < -0.3 is 20.5 Å². The zero-order chi connectivity index (χ0) is 14.4. The number of fused-ring (bicyclic) bond motifs is 1. The topological polar surface area (TPSA) is 130 Å². The Morgan fingerprint density at radius 1 is 1.60 bits per heavy atom. The number of nitrogens with one attached hydrogen (secondary N) is 1. The summed E-state index contributed by atoms with van der Waals surface area (Å²) in [6.07, 6.45) is 1.20. The summed E-state index contributed by atoms with van der Waals surface area (Å²) in [6, 6.07) is -0.263. The average molecular weight is 281 g/mol. The molecule has 1 aliphatic carbocycles. The van der Waals surface area contributed by atoms with Gasteiger partial charge in [-0.15, -0.1) is 0 Å². The van der Waals surface area contributed by atoms with Gasteiger partial charge >= 0.3 is 0 Å². The van der Waals surface area contributed by atoms with Gasteiger partial charge in [0.05, 0.1) is 25.1 Å². The second-order valence-electron chi connectivity index (χ2n) is 4.96. The molecule has 0 amide bonds. The fraction of sp³-hybridized carbons (Fsp3) is 0.417. The van der Waals surface area contributed by atoms with Crippen LogP contribution in [0, 0.1) is 5.92 Å². The third-order valence-corrected chi connectivity index (χ3v) is 3.82. The number of nitrogen functional groups attached to an aromatic ring is 1. The molecule has 2 aromatic heterocycles. The zero-order valence-electron chi connectivity index (χ0n) is 10.7. The highest BCUT2D eigenvalue weighted by Crippen LogP contribution is 2.39. The number of hydrogen-bond donors (Lipinski definition) is 4. The molecule has 0 aliphatic heterocycles. The molecule has 0 radical (unpaired) electrons.